The summed E-state index contributed by atoms with van der Waals surface area (Å²) in [5, 5.41) is 3.41. The summed E-state index contributed by atoms with van der Waals surface area (Å²) in [5.41, 5.74) is 1.26. The highest BCUT2D eigenvalue weighted by Crippen LogP contribution is 2.27. The zero-order valence-electron chi connectivity index (χ0n) is 10.7. The quantitative estimate of drug-likeness (QED) is 0.815. The molecule has 0 aliphatic heterocycles. The molecule has 1 aliphatic carbocycles. The summed E-state index contributed by atoms with van der Waals surface area (Å²) < 4.78 is 5.82. The van der Waals surface area contributed by atoms with Crippen LogP contribution in [0.4, 0.5) is 0 Å². The lowest BCUT2D eigenvalue weighted by Crippen LogP contribution is -2.36. The van der Waals surface area contributed by atoms with E-state index >= 15 is 0 Å². The van der Waals surface area contributed by atoms with Gasteiger partial charge in [-0.2, -0.15) is 0 Å². The molecule has 0 aromatic heterocycles. The molecule has 1 aromatic carbocycles. The van der Waals surface area contributed by atoms with Gasteiger partial charge in [0, 0.05) is 6.04 Å². The van der Waals surface area contributed by atoms with Crippen molar-refractivity contribution in [2.75, 3.05) is 13.7 Å². The number of likely N-dealkylation sites (N-methyl/N-ethyl adjacent to an activating group) is 1. The highest BCUT2D eigenvalue weighted by molar-refractivity contribution is 5.13. The Morgan fingerprint density at radius 1 is 1.24 bits per heavy atom. The summed E-state index contributed by atoms with van der Waals surface area (Å²) >= 11 is 0. The second-order valence-electron chi connectivity index (χ2n) is 4.94. The number of nitrogens with one attached hydrogen (secondary N) is 1. The maximum absolute atomic E-state index is 5.82. The van der Waals surface area contributed by atoms with E-state index in [1.807, 2.05) is 6.07 Å². The summed E-state index contributed by atoms with van der Waals surface area (Å²) in [5.74, 6) is 0.816. The molecule has 0 saturated heterocycles. The van der Waals surface area contributed by atoms with Gasteiger partial charge in [0.15, 0.2) is 0 Å². The first-order chi connectivity index (χ1) is 8.40. The molecule has 0 heterocycles. The van der Waals surface area contributed by atoms with E-state index in [0.717, 1.165) is 19.1 Å². The lowest BCUT2D eigenvalue weighted by Gasteiger charge is -2.22. The lowest BCUT2D eigenvalue weighted by atomic mass is 9.99. The van der Waals surface area contributed by atoms with Crippen molar-refractivity contribution in [1.29, 1.82) is 0 Å². The number of ether oxygens (including phenoxy) is 1. The third kappa shape index (κ3) is 3.83. The first-order valence-corrected chi connectivity index (χ1v) is 6.69. The van der Waals surface area contributed by atoms with Crippen molar-refractivity contribution in [3.8, 4) is 0 Å². The molecule has 1 unspecified atom stereocenters. The number of rotatable bonds is 6. The number of benzene rings is 1. The van der Waals surface area contributed by atoms with Crippen LogP contribution in [0.3, 0.4) is 0 Å². The van der Waals surface area contributed by atoms with Crippen molar-refractivity contribution in [2.45, 2.75) is 38.3 Å². The van der Waals surface area contributed by atoms with Gasteiger partial charge in [-0.05, 0) is 31.4 Å². The molecule has 1 aromatic rings. The van der Waals surface area contributed by atoms with Gasteiger partial charge in [-0.25, -0.2) is 0 Å². The predicted molar refractivity (Wildman–Crippen MR) is 70.9 cm³/mol. The van der Waals surface area contributed by atoms with Crippen molar-refractivity contribution in [2.24, 2.45) is 5.92 Å². The maximum Gasteiger partial charge on any atom is 0.0717 e. The fourth-order valence-electron chi connectivity index (χ4n) is 2.69. The predicted octanol–water partition coefficient (Wildman–Crippen LogP) is 2.98. The molecule has 2 nitrogen and oxygen atoms in total. The fourth-order valence-corrected chi connectivity index (χ4v) is 2.69. The Labute approximate surface area is 104 Å². The third-order valence-electron chi connectivity index (χ3n) is 3.75. The van der Waals surface area contributed by atoms with Gasteiger partial charge in [-0.3, -0.25) is 0 Å². The van der Waals surface area contributed by atoms with Crippen LogP contribution in [0, 0.1) is 5.92 Å². The van der Waals surface area contributed by atoms with Gasteiger partial charge in [0.25, 0.3) is 0 Å². The highest BCUT2D eigenvalue weighted by Gasteiger charge is 2.23. The smallest absolute Gasteiger partial charge is 0.0717 e. The molecule has 2 rings (SSSR count). The molecule has 1 aliphatic rings. The molecule has 1 fully saturated rings. The average molecular weight is 233 g/mol. The zero-order chi connectivity index (χ0) is 11.9. The van der Waals surface area contributed by atoms with Gasteiger partial charge in [-0.15, -0.1) is 0 Å². The fraction of sp³-hybridized carbons (Fsp3) is 0.600. The van der Waals surface area contributed by atoms with Crippen LogP contribution in [-0.2, 0) is 11.3 Å². The molecule has 0 radical (unpaired) electrons. The minimum Gasteiger partial charge on any atom is -0.375 e. The van der Waals surface area contributed by atoms with Crippen LogP contribution in [0.25, 0.3) is 0 Å². The summed E-state index contributed by atoms with van der Waals surface area (Å²) in [6, 6.07) is 10.9. The topological polar surface area (TPSA) is 21.3 Å². The van der Waals surface area contributed by atoms with E-state index in [9.17, 15) is 0 Å². The van der Waals surface area contributed by atoms with Gasteiger partial charge in [-0.1, -0.05) is 43.2 Å². The first kappa shape index (κ1) is 12.6. The Bertz CT molecular complexity index is 306. The third-order valence-corrected chi connectivity index (χ3v) is 3.75. The molecule has 0 amide bonds. The van der Waals surface area contributed by atoms with Gasteiger partial charge >= 0.3 is 0 Å². The Hall–Kier alpha value is -0.860. The first-order valence-electron chi connectivity index (χ1n) is 6.69. The van der Waals surface area contributed by atoms with Crippen molar-refractivity contribution in [3.63, 3.8) is 0 Å². The monoisotopic (exact) mass is 233 g/mol. The van der Waals surface area contributed by atoms with Crippen LogP contribution in [0.1, 0.15) is 31.2 Å². The zero-order valence-corrected chi connectivity index (χ0v) is 10.7. The molecule has 1 saturated carbocycles. The van der Waals surface area contributed by atoms with E-state index in [4.69, 9.17) is 4.74 Å². The van der Waals surface area contributed by atoms with E-state index in [-0.39, 0.29) is 0 Å². The molecule has 94 valence electrons. The Morgan fingerprint density at radius 3 is 2.59 bits per heavy atom. The molecular weight excluding hydrogens is 210 g/mol. The molecule has 17 heavy (non-hydrogen) atoms. The van der Waals surface area contributed by atoms with Gasteiger partial charge in [0.2, 0.25) is 0 Å². The minimum absolute atomic E-state index is 0.529. The standard InChI is InChI=1S/C15H23NO/c1-16-15(14-9-5-6-10-14)12-17-11-13-7-3-2-4-8-13/h2-4,7-8,14-16H,5-6,9-12H2,1H3. The van der Waals surface area contributed by atoms with E-state index in [1.165, 1.54) is 31.2 Å². The number of hydrogen-bond donors (Lipinski definition) is 1. The van der Waals surface area contributed by atoms with Crippen molar-refractivity contribution >= 4 is 0 Å². The average Bonchev–Trinajstić information content (AvgIpc) is 2.90. The Morgan fingerprint density at radius 2 is 1.94 bits per heavy atom. The van der Waals surface area contributed by atoms with Crippen LogP contribution in [-0.4, -0.2) is 19.7 Å². The van der Waals surface area contributed by atoms with Gasteiger partial charge < -0.3 is 10.1 Å². The van der Waals surface area contributed by atoms with Crippen LogP contribution in [0.5, 0.6) is 0 Å². The van der Waals surface area contributed by atoms with Gasteiger partial charge in [0.05, 0.1) is 13.2 Å². The second kappa shape index (κ2) is 6.77. The summed E-state index contributed by atoms with van der Waals surface area (Å²) in [6.07, 6.45) is 5.50. The Balaban J connectivity index is 1.72. The number of hydrogen-bond acceptors (Lipinski definition) is 2. The van der Waals surface area contributed by atoms with E-state index in [1.54, 1.807) is 0 Å². The molecule has 1 atom stereocenters. The van der Waals surface area contributed by atoms with Crippen molar-refractivity contribution < 1.29 is 4.74 Å². The van der Waals surface area contributed by atoms with Crippen LogP contribution in [0.2, 0.25) is 0 Å². The van der Waals surface area contributed by atoms with Gasteiger partial charge in [0.1, 0.15) is 0 Å². The van der Waals surface area contributed by atoms with E-state index in [2.05, 4.69) is 36.6 Å². The van der Waals surface area contributed by atoms with Crippen LogP contribution >= 0.6 is 0 Å². The van der Waals surface area contributed by atoms with E-state index in [0.29, 0.717) is 6.04 Å². The Kier molecular flexibility index (Phi) is 5.02. The molecule has 0 spiro atoms. The SMILES string of the molecule is CNC(COCc1ccccc1)C1CCCC1. The highest BCUT2D eigenvalue weighted by atomic mass is 16.5. The molecule has 2 heteroatoms. The maximum atomic E-state index is 5.82. The van der Waals surface area contributed by atoms with Crippen molar-refractivity contribution in [3.05, 3.63) is 35.9 Å². The summed E-state index contributed by atoms with van der Waals surface area (Å²) in [7, 11) is 2.05. The summed E-state index contributed by atoms with van der Waals surface area (Å²) in [6.45, 7) is 1.56. The molecule has 1 N–H and O–H groups in total. The normalized spacial score (nSPS) is 18.4. The van der Waals surface area contributed by atoms with Crippen LogP contribution < -0.4 is 5.32 Å². The lowest BCUT2D eigenvalue weighted by molar-refractivity contribution is 0.0845. The molecule has 0 bridgehead atoms. The van der Waals surface area contributed by atoms with Crippen molar-refractivity contribution in [1.82, 2.24) is 5.32 Å². The van der Waals surface area contributed by atoms with Crippen LogP contribution in [0.15, 0.2) is 30.3 Å². The van der Waals surface area contributed by atoms with E-state index < -0.39 is 0 Å². The summed E-state index contributed by atoms with van der Waals surface area (Å²) in [4.78, 5) is 0. The molecular formula is C15H23NO. The second-order valence-corrected chi connectivity index (χ2v) is 4.94. The largest absolute Gasteiger partial charge is 0.375 e. The minimum atomic E-state index is 0.529.